The van der Waals surface area contributed by atoms with Gasteiger partial charge in [-0.2, -0.15) is 0 Å². The van der Waals surface area contributed by atoms with Crippen LogP contribution < -0.4 is 0 Å². The molecule has 20 heavy (non-hydrogen) atoms. The molecule has 2 N–H and O–H groups in total. The predicted octanol–water partition coefficient (Wildman–Crippen LogP) is 2.97. The number of aliphatic hydroxyl groups is 1. The van der Waals surface area contributed by atoms with E-state index in [1.807, 2.05) is 0 Å². The number of allylic oxidation sites excluding steroid dienone is 2. The first-order valence-electron chi connectivity index (χ1n) is 6.43. The van der Waals surface area contributed by atoms with Crippen LogP contribution in [0, 0.1) is 30.4 Å². The summed E-state index contributed by atoms with van der Waals surface area (Å²) in [5.41, 5.74) is 0.175. The van der Waals surface area contributed by atoms with Crippen LogP contribution >= 0.6 is 0 Å². The molecule has 0 heterocycles. The Morgan fingerprint density at radius 2 is 1.90 bits per heavy atom. The number of carboxylic acids is 1. The zero-order chi connectivity index (χ0) is 14.9. The molecule has 3 unspecified atom stereocenters. The lowest BCUT2D eigenvalue weighted by molar-refractivity contribution is -0.145. The third-order valence-corrected chi connectivity index (χ3v) is 3.80. The second kappa shape index (κ2) is 5.71. The van der Waals surface area contributed by atoms with Crippen molar-refractivity contribution in [1.82, 2.24) is 0 Å². The van der Waals surface area contributed by atoms with E-state index in [1.54, 1.807) is 12.2 Å². The van der Waals surface area contributed by atoms with Gasteiger partial charge in [0.05, 0.1) is 12.0 Å². The van der Waals surface area contributed by atoms with Gasteiger partial charge < -0.3 is 10.2 Å². The molecule has 5 heteroatoms. The summed E-state index contributed by atoms with van der Waals surface area (Å²) in [6, 6.07) is 1.97. The molecule has 0 saturated heterocycles. The molecule has 0 aromatic heterocycles. The molecule has 1 aromatic rings. The van der Waals surface area contributed by atoms with Crippen molar-refractivity contribution in [3.63, 3.8) is 0 Å². The fourth-order valence-electron chi connectivity index (χ4n) is 2.61. The molecular weight excluding hydrogens is 266 g/mol. The van der Waals surface area contributed by atoms with Gasteiger partial charge in [-0.25, -0.2) is 8.78 Å². The molecule has 1 aromatic carbocycles. The van der Waals surface area contributed by atoms with E-state index in [2.05, 4.69) is 0 Å². The van der Waals surface area contributed by atoms with Crippen molar-refractivity contribution in [3.8, 4) is 0 Å². The lowest BCUT2D eigenvalue weighted by Crippen LogP contribution is -2.30. The van der Waals surface area contributed by atoms with Crippen molar-refractivity contribution in [2.75, 3.05) is 0 Å². The number of carboxylic acid groups (broad SMARTS) is 1. The lowest BCUT2D eigenvalue weighted by Gasteiger charge is -2.30. The van der Waals surface area contributed by atoms with Crippen LogP contribution in [0.1, 0.15) is 30.1 Å². The van der Waals surface area contributed by atoms with Crippen molar-refractivity contribution in [3.05, 3.63) is 47.0 Å². The van der Waals surface area contributed by atoms with Gasteiger partial charge in [-0.3, -0.25) is 4.79 Å². The van der Waals surface area contributed by atoms with E-state index in [1.165, 1.54) is 13.0 Å². The van der Waals surface area contributed by atoms with Gasteiger partial charge in [0.2, 0.25) is 0 Å². The minimum absolute atomic E-state index is 0.0459. The smallest absolute Gasteiger partial charge is 0.307 e. The molecule has 0 fully saturated rings. The van der Waals surface area contributed by atoms with E-state index < -0.39 is 35.5 Å². The van der Waals surface area contributed by atoms with Crippen molar-refractivity contribution >= 4 is 5.97 Å². The number of hydrogen-bond donors (Lipinski definition) is 2. The Kier molecular flexibility index (Phi) is 4.18. The first-order chi connectivity index (χ1) is 9.41. The zero-order valence-electron chi connectivity index (χ0n) is 11.0. The molecule has 0 bridgehead atoms. The summed E-state index contributed by atoms with van der Waals surface area (Å²) in [5.74, 6) is -3.93. The summed E-state index contributed by atoms with van der Waals surface area (Å²) in [6.07, 6.45) is 2.92. The number of halogens is 2. The minimum Gasteiger partial charge on any atom is -0.481 e. The average molecular weight is 282 g/mol. The summed E-state index contributed by atoms with van der Waals surface area (Å²) in [4.78, 5) is 11.2. The van der Waals surface area contributed by atoms with Gasteiger partial charge in [0.15, 0.2) is 0 Å². The molecule has 3 atom stereocenters. The second-order valence-electron chi connectivity index (χ2n) is 5.12. The number of benzene rings is 1. The van der Waals surface area contributed by atoms with Crippen molar-refractivity contribution in [1.29, 1.82) is 0 Å². The van der Waals surface area contributed by atoms with Crippen LogP contribution in [0.2, 0.25) is 0 Å². The first kappa shape index (κ1) is 14.7. The average Bonchev–Trinajstić information content (AvgIpc) is 2.42. The fourth-order valence-corrected chi connectivity index (χ4v) is 2.61. The quantitative estimate of drug-likeness (QED) is 0.838. The topological polar surface area (TPSA) is 57.5 Å². The molecule has 3 nitrogen and oxygen atoms in total. The Labute approximate surface area is 115 Å². The van der Waals surface area contributed by atoms with Crippen LogP contribution in [0.5, 0.6) is 0 Å². The van der Waals surface area contributed by atoms with E-state index in [0.29, 0.717) is 12.8 Å². The van der Waals surface area contributed by atoms with Crippen molar-refractivity contribution in [2.45, 2.75) is 25.9 Å². The third kappa shape index (κ3) is 2.72. The summed E-state index contributed by atoms with van der Waals surface area (Å²) in [6.45, 7) is 1.47. The normalized spacial score (nSPS) is 23.6. The Hall–Kier alpha value is -1.75. The molecule has 0 spiro atoms. The van der Waals surface area contributed by atoms with Crippen molar-refractivity contribution < 1.29 is 23.8 Å². The number of carbonyl (C=O) groups is 1. The maximum atomic E-state index is 13.8. The van der Waals surface area contributed by atoms with Gasteiger partial charge in [-0.05, 0) is 31.4 Å². The van der Waals surface area contributed by atoms with Crippen LogP contribution in [-0.2, 0) is 4.79 Å². The van der Waals surface area contributed by atoms with E-state index >= 15 is 0 Å². The predicted molar refractivity (Wildman–Crippen MR) is 69.0 cm³/mol. The second-order valence-corrected chi connectivity index (χ2v) is 5.12. The Balaban J connectivity index is 2.35. The molecule has 2 rings (SSSR count). The molecule has 108 valence electrons. The maximum Gasteiger partial charge on any atom is 0.307 e. The molecule has 0 amide bonds. The lowest BCUT2D eigenvalue weighted by atomic mass is 9.77. The Morgan fingerprint density at radius 1 is 1.25 bits per heavy atom. The fraction of sp³-hybridized carbons (Fsp3) is 0.400. The summed E-state index contributed by atoms with van der Waals surface area (Å²) < 4.78 is 27.0. The van der Waals surface area contributed by atoms with Crippen LogP contribution in [0.15, 0.2) is 24.3 Å². The van der Waals surface area contributed by atoms with Gasteiger partial charge >= 0.3 is 5.97 Å². The molecule has 0 saturated carbocycles. The van der Waals surface area contributed by atoms with Gasteiger partial charge in [0.25, 0.3) is 0 Å². The van der Waals surface area contributed by atoms with E-state index in [0.717, 1.165) is 6.07 Å². The van der Waals surface area contributed by atoms with E-state index in [9.17, 15) is 23.8 Å². The minimum atomic E-state index is -1.26. The SMILES string of the molecule is Cc1cc(C(O)C2CC=CCC2C(=O)O)c(F)cc1F. The largest absolute Gasteiger partial charge is 0.481 e. The summed E-state index contributed by atoms with van der Waals surface area (Å²) >= 11 is 0. The van der Waals surface area contributed by atoms with Gasteiger partial charge in [-0.1, -0.05) is 12.2 Å². The van der Waals surface area contributed by atoms with Crippen LogP contribution in [0.25, 0.3) is 0 Å². The van der Waals surface area contributed by atoms with E-state index in [4.69, 9.17) is 0 Å². The number of aliphatic hydroxyl groups excluding tert-OH is 1. The van der Waals surface area contributed by atoms with Gasteiger partial charge in [0.1, 0.15) is 11.6 Å². The Bertz CT molecular complexity index is 554. The number of aryl methyl sites for hydroxylation is 1. The standard InChI is InChI=1S/C15H16F2O3/c1-8-6-11(13(17)7-12(8)16)14(18)9-4-2-3-5-10(9)15(19)20/h2-3,6-7,9-10,14,18H,4-5H2,1H3,(H,19,20). The highest BCUT2D eigenvalue weighted by Crippen LogP contribution is 2.37. The first-order valence-corrected chi connectivity index (χ1v) is 6.43. The van der Waals surface area contributed by atoms with Crippen LogP contribution in [0.3, 0.4) is 0 Å². The van der Waals surface area contributed by atoms with Gasteiger partial charge in [-0.15, -0.1) is 0 Å². The van der Waals surface area contributed by atoms with E-state index in [-0.39, 0.29) is 11.1 Å². The Morgan fingerprint density at radius 3 is 2.55 bits per heavy atom. The summed E-state index contributed by atoms with van der Waals surface area (Å²) in [7, 11) is 0. The number of aliphatic carboxylic acids is 1. The third-order valence-electron chi connectivity index (χ3n) is 3.80. The monoisotopic (exact) mass is 282 g/mol. The van der Waals surface area contributed by atoms with Gasteiger partial charge in [0, 0.05) is 17.5 Å². The molecule has 1 aliphatic carbocycles. The molecule has 0 radical (unpaired) electrons. The zero-order valence-corrected chi connectivity index (χ0v) is 11.0. The molecule has 0 aliphatic heterocycles. The highest BCUT2D eigenvalue weighted by atomic mass is 19.1. The highest BCUT2D eigenvalue weighted by molar-refractivity contribution is 5.71. The molecule has 1 aliphatic rings. The van der Waals surface area contributed by atoms with Crippen LogP contribution in [-0.4, -0.2) is 16.2 Å². The number of hydrogen-bond acceptors (Lipinski definition) is 2. The summed E-state index contributed by atoms with van der Waals surface area (Å²) in [5, 5.41) is 19.5. The van der Waals surface area contributed by atoms with Crippen molar-refractivity contribution in [2.24, 2.45) is 11.8 Å². The van der Waals surface area contributed by atoms with Crippen LogP contribution in [0.4, 0.5) is 8.78 Å². The maximum absolute atomic E-state index is 13.8. The highest BCUT2D eigenvalue weighted by Gasteiger charge is 2.35. The molecular formula is C15H16F2O3. The number of rotatable bonds is 3.